The largest absolute Gasteiger partial charge is 0.496 e. The summed E-state index contributed by atoms with van der Waals surface area (Å²) in [7, 11) is 1.47. The first-order valence-corrected chi connectivity index (χ1v) is 16.2. The lowest BCUT2D eigenvalue weighted by Gasteiger charge is -2.35. The Morgan fingerprint density at radius 3 is 2.73 bits per heavy atom. The second kappa shape index (κ2) is 12.1. The van der Waals surface area contributed by atoms with E-state index in [2.05, 4.69) is 4.99 Å². The fraction of sp³-hybridized carbons (Fsp3) is 0.405. The quantitative estimate of drug-likeness (QED) is 0.229. The van der Waals surface area contributed by atoms with Gasteiger partial charge in [0, 0.05) is 28.9 Å². The molecule has 250 valence electrons. The molecule has 48 heavy (non-hydrogen) atoms. The van der Waals surface area contributed by atoms with Crippen molar-refractivity contribution in [3.8, 4) is 17.2 Å². The van der Waals surface area contributed by atoms with Crippen LogP contribution in [0, 0.1) is 5.92 Å². The normalized spacial score (nSPS) is 28.2. The minimum atomic E-state index is -1.24. The SMILES string of the molecule is CCOC(=O)C1=C(C=O)C(=C2CC(CO)C(=O)C(c3ccc4c(c3)=CCN=4)C2)c2c(c(CO)c3c(c2OC)C2C=CCC(C)(O)C2O3)O1. The van der Waals surface area contributed by atoms with Crippen LogP contribution in [0.3, 0.4) is 0 Å². The van der Waals surface area contributed by atoms with Gasteiger partial charge in [0.25, 0.3) is 0 Å². The molecule has 1 saturated carbocycles. The number of fused-ring (bicyclic) bond motifs is 5. The maximum atomic E-state index is 13.8. The molecule has 0 aromatic heterocycles. The number of Topliss-reactive ketones (excluding diaryl/α,β-unsaturated/α-hetero) is 1. The zero-order valence-electron chi connectivity index (χ0n) is 26.9. The van der Waals surface area contributed by atoms with Crippen molar-refractivity contribution in [2.75, 3.05) is 26.9 Å². The van der Waals surface area contributed by atoms with Crippen LogP contribution in [0.4, 0.5) is 0 Å². The van der Waals surface area contributed by atoms with E-state index in [4.69, 9.17) is 18.9 Å². The predicted molar refractivity (Wildman–Crippen MR) is 172 cm³/mol. The second-order valence-corrected chi connectivity index (χ2v) is 12.9. The summed E-state index contributed by atoms with van der Waals surface area (Å²) < 4.78 is 24.0. The molecule has 2 aliphatic carbocycles. The first kappa shape index (κ1) is 32.0. The van der Waals surface area contributed by atoms with Crippen LogP contribution in [0.15, 0.2) is 52.2 Å². The first-order valence-electron chi connectivity index (χ1n) is 16.2. The predicted octanol–water partition coefficient (Wildman–Crippen LogP) is 2.07. The Kier molecular flexibility index (Phi) is 8.09. The smallest absolute Gasteiger partial charge is 0.375 e. The van der Waals surface area contributed by atoms with E-state index in [1.807, 2.05) is 36.4 Å². The maximum Gasteiger partial charge on any atom is 0.375 e. The zero-order chi connectivity index (χ0) is 33.9. The number of nitrogens with zero attached hydrogens (tertiary/aromatic N) is 1. The molecule has 2 aromatic carbocycles. The number of hydrogen-bond acceptors (Lipinski definition) is 11. The summed E-state index contributed by atoms with van der Waals surface area (Å²) in [6.07, 6.45) is 6.23. The number of hydrogen-bond donors (Lipinski definition) is 3. The average Bonchev–Trinajstić information content (AvgIpc) is 3.72. The lowest BCUT2D eigenvalue weighted by atomic mass is 9.71. The Bertz CT molecular complexity index is 1970. The van der Waals surface area contributed by atoms with Crippen LogP contribution < -0.4 is 24.8 Å². The molecule has 2 aromatic rings. The van der Waals surface area contributed by atoms with Gasteiger partial charge in [-0.25, -0.2) is 4.79 Å². The molecule has 5 aliphatic rings. The highest BCUT2D eigenvalue weighted by molar-refractivity contribution is 6.11. The van der Waals surface area contributed by atoms with Gasteiger partial charge < -0.3 is 34.3 Å². The van der Waals surface area contributed by atoms with Gasteiger partial charge in [-0.3, -0.25) is 14.6 Å². The Hall–Kier alpha value is -4.58. The van der Waals surface area contributed by atoms with Crippen molar-refractivity contribution in [3.63, 3.8) is 0 Å². The highest BCUT2D eigenvalue weighted by Gasteiger charge is 2.51. The lowest BCUT2D eigenvalue weighted by Crippen LogP contribution is -2.45. The molecule has 3 aliphatic heterocycles. The minimum Gasteiger partial charge on any atom is -0.496 e. The van der Waals surface area contributed by atoms with Gasteiger partial charge in [0.05, 0.1) is 55.5 Å². The van der Waals surface area contributed by atoms with Crippen LogP contribution in [0.5, 0.6) is 17.2 Å². The van der Waals surface area contributed by atoms with Gasteiger partial charge in [-0.1, -0.05) is 29.9 Å². The molecule has 7 rings (SSSR count). The summed E-state index contributed by atoms with van der Waals surface area (Å²) in [5.74, 6) is -2.69. The van der Waals surface area contributed by atoms with E-state index in [9.17, 15) is 29.7 Å². The van der Waals surface area contributed by atoms with Crippen LogP contribution >= 0.6 is 0 Å². The standard InChI is InChI=1S/C37H37NO10/c1-4-46-36(43)33-24(16-40)27(20-13-21(15-39)30(42)23(14-20)18-7-8-26-19(12-18)9-11-38-26)29-32(47-33)25(17-41)31-28(34(29)45-3)22-6-5-10-37(2,44)35(22)48-31/h5-9,12,16,21-23,35,39,41,44H,4,10-11,13-15,17H2,1-3H3. The number of carbonyl (C=O) groups is 3. The minimum absolute atomic E-state index is 0.00956. The summed E-state index contributed by atoms with van der Waals surface area (Å²) >= 11 is 0. The Morgan fingerprint density at radius 1 is 1.21 bits per heavy atom. The summed E-state index contributed by atoms with van der Waals surface area (Å²) in [4.78, 5) is 44.7. The molecule has 11 heteroatoms. The summed E-state index contributed by atoms with van der Waals surface area (Å²) in [5, 5.41) is 34.4. The second-order valence-electron chi connectivity index (χ2n) is 12.9. The fourth-order valence-corrected chi connectivity index (χ4v) is 7.85. The van der Waals surface area contributed by atoms with Crippen molar-refractivity contribution in [3.05, 3.63) is 80.1 Å². The monoisotopic (exact) mass is 655 g/mol. The topological polar surface area (TPSA) is 161 Å². The third-order valence-electron chi connectivity index (χ3n) is 10.1. The molecule has 0 spiro atoms. The average molecular weight is 656 g/mol. The molecule has 3 heterocycles. The fourth-order valence-electron chi connectivity index (χ4n) is 7.85. The molecule has 5 atom stereocenters. The van der Waals surface area contributed by atoms with E-state index in [-0.39, 0.29) is 53.6 Å². The molecule has 0 saturated heterocycles. The third-order valence-corrected chi connectivity index (χ3v) is 10.1. The molecule has 5 unspecified atom stereocenters. The molecule has 0 bridgehead atoms. The Balaban J connectivity index is 1.52. The van der Waals surface area contributed by atoms with Crippen LogP contribution in [-0.2, 0) is 25.7 Å². The highest BCUT2D eigenvalue weighted by Crippen LogP contribution is 2.60. The summed E-state index contributed by atoms with van der Waals surface area (Å²) in [6.45, 7) is 2.89. The van der Waals surface area contributed by atoms with Crippen LogP contribution in [0.2, 0.25) is 0 Å². The van der Waals surface area contributed by atoms with Gasteiger partial charge >= 0.3 is 5.97 Å². The Labute approximate surface area is 276 Å². The number of methoxy groups -OCH3 is 1. The molecular formula is C37H37NO10. The van der Waals surface area contributed by atoms with E-state index in [0.29, 0.717) is 47.3 Å². The number of ketones is 1. The van der Waals surface area contributed by atoms with E-state index in [1.165, 1.54) is 7.11 Å². The molecule has 11 nitrogen and oxygen atoms in total. The number of ether oxygens (including phenoxy) is 4. The molecular weight excluding hydrogens is 618 g/mol. The van der Waals surface area contributed by atoms with Crippen molar-refractivity contribution in [1.82, 2.24) is 0 Å². The zero-order valence-corrected chi connectivity index (χ0v) is 26.9. The van der Waals surface area contributed by atoms with E-state index < -0.39 is 48.6 Å². The van der Waals surface area contributed by atoms with Gasteiger partial charge in [-0.15, -0.1) is 0 Å². The number of esters is 1. The molecule has 0 amide bonds. The third kappa shape index (κ3) is 4.83. The van der Waals surface area contributed by atoms with Crippen LogP contribution in [-0.4, -0.2) is 71.9 Å². The molecule has 1 fully saturated rings. The molecule has 3 N–H and O–H groups in total. The summed E-state index contributed by atoms with van der Waals surface area (Å²) in [5.41, 5.74) is 1.46. The number of rotatable bonds is 7. The molecule has 0 radical (unpaired) electrons. The summed E-state index contributed by atoms with van der Waals surface area (Å²) in [6, 6.07) is 5.67. The number of aliphatic hydroxyl groups excluding tert-OH is 2. The van der Waals surface area contributed by atoms with Crippen molar-refractivity contribution in [2.45, 2.75) is 63.3 Å². The number of aldehydes is 1. The van der Waals surface area contributed by atoms with Gasteiger partial charge in [0.2, 0.25) is 5.76 Å². The van der Waals surface area contributed by atoms with Gasteiger partial charge in [0.15, 0.2) is 6.29 Å². The van der Waals surface area contributed by atoms with Crippen molar-refractivity contribution >= 4 is 29.7 Å². The van der Waals surface area contributed by atoms with E-state index in [0.717, 1.165) is 16.1 Å². The highest BCUT2D eigenvalue weighted by atomic mass is 16.6. The Morgan fingerprint density at radius 2 is 2.02 bits per heavy atom. The number of carbonyl (C=O) groups excluding carboxylic acids is 3. The maximum absolute atomic E-state index is 13.8. The van der Waals surface area contributed by atoms with Gasteiger partial charge in [-0.05, 0) is 56.0 Å². The lowest BCUT2D eigenvalue weighted by molar-refractivity contribution is -0.141. The van der Waals surface area contributed by atoms with Crippen LogP contribution in [0.25, 0.3) is 11.6 Å². The van der Waals surface area contributed by atoms with Crippen molar-refractivity contribution in [1.29, 1.82) is 0 Å². The first-order chi connectivity index (χ1) is 23.2. The van der Waals surface area contributed by atoms with Gasteiger partial charge in [-0.2, -0.15) is 0 Å². The van der Waals surface area contributed by atoms with E-state index in [1.54, 1.807) is 13.8 Å². The number of benzene rings is 2. The van der Waals surface area contributed by atoms with Gasteiger partial charge in [0.1, 0.15) is 34.7 Å². The van der Waals surface area contributed by atoms with Crippen molar-refractivity contribution < 1.29 is 48.7 Å². The number of aliphatic hydroxyl groups is 3. The van der Waals surface area contributed by atoms with Crippen LogP contribution in [0.1, 0.15) is 67.2 Å². The number of allylic oxidation sites excluding steroid dienone is 3. The van der Waals surface area contributed by atoms with Crippen molar-refractivity contribution in [2.24, 2.45) is 10.9 Å². The van der Waals surface area contributed by atoms with E-state index >= 15 is 0 Å².